The Kier molecular flexibility index (Phi) is 4.68. The Morgan fingerprint density at radius 3 is 2.77 bits per heavy atom. The van der Waals surface area contributed by atoms with Crippen LogP contribution in [0.25, 0.3) is 27.8 Å². The van der Waals surface area contributed by atoms with Crippen molar-refractivity contribution >= 4 is 10.9 Å². The predicted octanol–water partition coefficient (Wildman–Crippen LogP) is 4.57. The van der Waals surface area contributed by atoms with E-state index in [-0.39, 0.29) is 5.82 Å². The van der Waals surface area contributed by atoms with Gasteiger partial charge >= 0.3 is 0 Å². The Morgan fingerprint density at radius 2 is 2.00 bits per heavy atom. The molecule has 2 N–H and O–H groups in total. The minimum absolute atomic E-state index is 0.255. The number of rotatable bonds is 4. The minimum Gasteiger partial charge on any atom is -0.380 e. The zero-order valence-electron chi connectivity index (χ0n) is 17.5. The molecular formula is C24H25FN4O. The predicted molar refractivity (Wildman–Crippen MR) is 116 cm³/mol. The number of methoxy groups -OCH3 is 1. The van der Waals surface area contributed by atoms with E-state index in [0.717, 1.165) is 63.2 Å². The van der Waals surface area contributed by atoms with E-state index in [4.69, 9.17) is 9.84 Å². The summed E-state index contributed by atoms with van der Waals surface area (Å²) in [6.45, 7) is 6.07. The number of aryl methyl sites for hydroxylation is 2. The van der Waals surface area contributed by atoms with Crippen LogP contribution in [0.3, 0.4) is 0 Å². The molecule has 1 aliphatic rings. The number of ether oxygens (including phenoxy) is 1. The third kappa shape index (κ3) is 2.87. The number of nitrogens with one attached hydrogen (secondary N) is 2. The summed E-state index contributed by atoms with van der Waals surface area (Å²) >= 11 is 0. The van der Waals surface area contributed by atoms with Crippen LogP contribution in [0.1, 0.15) is 27.9 Å². The zero-order valence-corrected chi connectivity index (χ0v) is 17.5. The molecular weight excluding hydrogens is 379 g/mol. The number of H-pyrrole nitrogens is 1. The second-order valence-corrected chi connectivity index (χ2v) is 7.94. The van der Waals surface area contributed by atoms with Crippen molar-refractivity contribution in [2.45, 2.75) is 33.4 Å². The molecule has 5 rings (SSSR count). The second-order valence-electron chi connectivity index (χ2n) is 7.94. The molecule has 4 aromatic rings. The number of fused-ring (bicyclic) bond motifs is 2. The smallest absolute Gasteiger partial charge is 0.133 e. The van der Waals surface area contributed by atoms with Crippen molar-refractivity contribution in [2.24, 2.45) is 0 Å². The van der Waals surface area contributed by atoms with Gasteiger partial charge in [0.15, 0.2) is 0 Å². The molecule has 0 aliphatic carbocycles. The summed E-state index contributed by atoms with van der Waals surface area (Å²) in [7, 11) is 1.62. The molecule has 30 heavy (non-hydrogen) atoms. The molecule has 0 fully saturated rings. The summed E-state index contributed by atoms with van der Waals surface area (Å²) in [6, 6.07) is 9.73. The number of benzene rings is 2. The van der Waals surface area contributed by atoms with Gasteiger partial charge in [0.2, 0.25) is 0 Å². The first-order valence-corrected chi connectivity index (χ1v) is 10.3. The van der Waals surface area contributed by atoms with Crippen LogP contribution in [0.5, 0.6) is 0 Å². The van der Waals surface area contributed by atoms with Crippen molar-refractivity contribution < 1.29 is 9.13 Å². The van der Waals surface area contributed by atoms with Crippen molar-refractivity contribution in [3.05, 3.63) is 70.3 Å². The van der Waals surface area contributed by atoms with Gasteiger partial charge in [-0.2, -0.15) is 5.10 Å². The molecule has 3 heterocycles. The van der Waals surface area contributed by atoms with Gasteiger partial charge in [0, 0.05) is 54.9 Å². The molecule has 2 aromatic heterocycles. The summed E-state index contributed by atoms with van der Waals surface area (Å²) in [4.78, 5) is 3.27. The SMILES string of the molecule is COCc1cc(F)c(-c2c3c(nn2-c2c(C)cccc2C)CCNC3)c2cc[nH]c12. The van der Waals surface area contributed by atoms with E-state index in [9.17, 15) is 0 Å². The lowest BCUT2D eigenvalue weighted by Crippen LogP contribution is -2.23. The molecule has 0 radical (unpaired) electrons. The van der Waals surface area contributed by atoms with Gasteiger partial charge in [-0.25, -0.2) is 9.07 Å². The van der Waals surface area contributed by atoms with Gasteiger partial charge in [-0.1, -0.05) is 18.2 Å². The summed E-state index contributed by atoms with van der Waals surface area (Å²) in [5, 5.41) is 9.27. The number of aromatic amines is 1. The van der Waals surface area contributed by atoms with E-state index in [1.807, 2.05) is 23.0 Å². The Morgan fingerprint density at radius 1 is 1.20 bits per heavy atom. The van der Waals surface area contributed by atoms with E-state index in [2.05, 4.69) is 36.3 Å². The highest BCUT2D eigenvalue weighted by Crippen LogP contribution is 2.39. The second kappa shape index (κ2) is 7.38. The summed E-state index contributed by atoms with van der Waals surface area (Å²) in [5.41, 5.74) is 8.50. The Hall–Kier alpha value is -2.96. The Bertz CT molecular complexity index is 1230. The van der Waals surface area contributed by atoms with Gasteiger partial charge < -0.3 is 15.0 Å². The van der Waals surface area contributed by atoms with E-state index >= 15 is 4.39 Å². The molecule has 0 amide bonds. The average molecular weight is 404 g/mol. The monoisotopic (exact) mass is 404 g/mol. The summed E-state index contributed by atoms with van der Waals surface area (Å²) in [6.07, 6.45) is 2.69. The van der Waals surface area contributed by atoms with Crippen LogP contribution in [0.15, 0.2) is 36.5 Å². The molecule has 0 unspecified atom stereocenters. The fourth-order valence-corrected chi connectivity index (χ4v) is 4.64. The largest absolute Gasteiger partial charge is 0.380 e. The van der Waals surface area contributed by atoms with Crippen molar-refractivity contribution in [3.8, 4) is 16.9 Å². The average Bonchev–Trinajstić information content (AvgIpc) is 3.34. The molecule has 0 saturated heterocycles. The van der Waals surface area contributed by atoms with E-state index < -0.39 is 0 Å². The molecule has 154 valence electrons. The molecule has 1 aliphatic heterocycles. The Labute approximate surface area is 174 Å². The van der Waals surface area contributed by atoms with Crippen LogP contribution in [0, 0.1) is 19.7 Å². The number of nitrogens with zero attached hydrogens (tertiary/aromatic N) is 2. The number of aromatic nitrogens is 3. The van der Waals surface area contributed by atoms with E-state index in [1.165, 1.54) is 0 Å². The minimum atomic E-state index is -0.255. The number of hydrogen-bond donors (Lipinski definition) is 2. The topological polar surface area (TPSA) is 54.9 Å². The van der Waals surface area contributed by atoms with Crippen LogP contribution in [-0.2, 0) is 24.3 Å². The molecule has 0 atom stereocenters. The highest BCUT2D eigenvalue weighted by Gasteiger charge is 2.27. The van der Waals surface area contributed by atoms with Crippen molar-refractivity contribution in [3.63, 3.8) is 0 Å². The number of halogens is 1. The first kappa shape index (κ1) is 19.0. The molecule has 0 bridgehead atoms. The van der Waals surface area contributed by atoms with Crippen LogP contribution >= 0.6 is 0 Å². The highest BCUT2D eigenvalue weighted by molar-refractivity contribution is 5.97. The van der Waals surface area contributed by atoms with E-state index in [0.29, 0.717) is 18.7 Å². The molecule has 6 heteroatoms. The van der Waals surface area contributed by atoms with Gasteiger partial charge in [0.1, 0.15) is 5.82 Å². The van der Waals surface area contributed by atoms with Crippen LogP contribution in [-0.4, -0.2) is 28.4 Å². The maximum atomic E-state index is 15.7. The van der Waals surface area contributed by atoms with E-state index in [1.54, 1.807) is 13.2 Å². The lowest BCUT2D eigenvalue weighted by molar-refractivity contribution is 0.185. The summed E-state index contributed by atoms with van der Waals surface area (Å²) in [5.74, 6) is -0.255. The molecule has 5 nitrogen and oxygen atoms in total. The fourth-order valence-electron chi connectivity index (χ4n) is 4.64. The van der Waals surface area contributed by atoms with Gasteiger partial charge in [-0.15, -0.1) is 0 Å². The summed E-state index contributed by atoms with van der Waals surface area (Å²) < 4.78 is 22.9. The fraction of sp³-hybridized carbons (Fsp3) is 0.292. The number of para-hydroxylation sites is 1. The molecule has 2 aromatic carbocycles. The normalized spacial score (nSPS) is 13.7. The highest BCUT2D eigenvalue weighted by atomic mass is 19.1. The Balaban J connectivity index is 1.87. The third-order valence-electron chi connectivity index (χ3n) is 5.97. The lowest BCUT2D eigenvalue weighted by atomic mass is 9.96. The van der Waals surface area contributed by atoms with Crippen molar-refractivity contribution in [1.82, 2.24) is 20.1 Å². The third-order valence-corrected chi connectivity index (χ3v) is 5.97. The quantitative estimate of drug-likeness (QED) is 0.524. The standard InChI is InChI=1S/C24H25FN4O/c1-14-5-4-6-15(2)23(14)29-24(18-12-26-9-8-20(18)28-29)21-17-7-10-27-22(17)16(13-30-3)11-19(21)25/h4-7,10-11,26-27H,8-9,12-13H2,1-3H3. The van der Waals surface area contributed by atoms with Crippen LogP contribution in [0.2, 0.25) is 0 Å². The van der Waals surface area contributed by atoms with Gasteiger partial charge in [-0.3, -0.25) is 0 Å². The maximum Gasteiger partial charge on any atom is 0.133 e. The van der Waals surface area contributed by atoms with Crippen molar-refractivity contribution in [2.75, 3.05) is 13.7 Å². The van der Waals surface area contributed by atoms with Crippen LogP contribution < -0.4 is 5.32 Å². The van der Waals surface area contributed by atoms with Crippen molar-refractivity contribution in [1.29, 1.82) is 0 Å². The van der Waals surface area contributed by atoms with Gasteiger partial charge in [0.05, 0.1) is 29.2 Å². The maximum absolute atomic E-state index is 15.7. The first-order chi connectivity index (χ1) is 14.6. The molecule has 0 saturated carbocycles. The number of hydrogen-bond acceptors (Lipinski definition) is 3. The lowest BCUT2D eigenvalue weighted by Gasteiger charge is -2.17. The first-order valence-electron chi connectivity index (χ1n) is 10.3. The van der Waals surface area contributed by atoms with Crippen LogP contribution in [0.4, 0.5) is 4.39 Å². The molecule has 0 spiro atoms. The van der Waals surface area contributed by atoms with Gasteiger partial charge in [0.25, 0.3) is 0 Å². The zero-order chi connectivity index (χ0) is 20.8. The van der Waals surface area contributed by atoms with Gasteiger partial charge in [-0.05, 0) is 37.1 Å².